The second-order valence-electron chi connectivity index (χ2n) is 2.27. The second-order valence-corrected chi connectivity index (χ2v) is 2.27. The zero-order valence-electron chi connectivity index (χ0n) is 5.99. The van der Waals surface area contributed by atoms with Gasteiger partial charge in [-0.05, 0) is 0 Å². The Bertz CT molecular complexity index is 301. The van der Waals surface area contributed by atoms with Gasteiger partial charge in [0.1, 0.15) is 5.69 Å². The summed E-state index contributed by atoms with van der Waals surface area (Å²) in [5, 5.41) is 4.48. The van der Waals surface area contributed by atoms with E-state index in [1.807, 2.05) is 0 Å². The van der Waals surface area contributed by atoms with Crippen LogP contribution in [0.5, 0.6) is 0 Å². The van der Waals surface area contributed by atoms with Gasteiger partial charge in [0.2, 0.25) is 0 Å². The number of hydrogen-bond acceptors (Lipinski definition) is 2. The molecule has 0 bridgehead atoms. The number of nitrogens with two attached hydrogens (primary N) is 1. The Hall–Kier alpha value is -1.34. The van der Waals surface area contributed by atoms with Crippen LogP contribution in [-0.2, 0) is 5.92 Å². The number of H-pyrrole nitrogens is 1. The first-order valence-electron chi connectivity index (χ1n) is 3.00. The number of rotatable bonds is 1. The van der Waals surface area contributed by atoms with Crippen LogP contribution in [0.4, 0.5) is 27.6 Å². The van der Waals surface area contributed by atoms with Gasteiger partial charge in [0, 0.05) is 0 Å². The van der Waals surface area contributed by atoms with E-state index in [2.05, 4.69) is 5.10 Å². The largest absolute Gasteiger partial charge is 0.459 e. The molecule has 0 atom stereocenters. The quantitative estimate of drug-likeness (QED) is 0.678. The molecule has 0 aliphatic carbocycles. The highest BCUT2D eigenvalue weighted by molar-refractivity contribution is 5.43. The predicted octanol–water partition coefficient (Wildman–Crippen LogP) is 1.65. The fourth-order valence-corrected chi connectivity index (χ4v) is 0.689. The van der Waals surface area contributed by atoms with E-state index in [-0.39, 0.29) is 0 Å². The maximum Gasteiger partial charge on any atom is 0.459 e. The molecule has 0 unspecified atom stereocenters. The van der Waals surface area contributed by atoms with Gasteiger partial charge in [-0.2, -0.15) is 27.1 Å². The minimum atomic E-state index is -5.67. The smallest absolute Gasteiger partial charge is 0.396 e. The minimum absolute atomic E-state index is 0.689. The monoisotopic (exact) mass is 201 g/mol. The van der Waals surface area contributed by atoms with Crippen LogP contribution >= 0.6 is 0 Å². The van der Waals surface area contributed by atoms with Crippen LogP contribution in [0.3, 0.4) is 0 Å². The first kappa shape index (κ1) is 9.75. The molecule has 0 saturated heterocycles. The van der Waals surface area contributed by atoms with Crippen LogP contribution < -0.4 is 5.73 Å². The number of alkyl halides is 5. The first-order chi connectivity index (χ1) is 5.77. The Morgan fingerprint density at radius 3 is 2.08 bits per heavy atom. The molecule has 8 heteroatoms. The molecular weight excluding hydrogens is 197 g/mol. The van der Waals surface area contributed by atoms with Gasteiger partial charge in [0.05, 0.1) is 11.9 Å². The van der Waals surface area contributed by atoms with Crippen molar-refractivity contribution in [2.45, 2.75) is 12.1 Å². The number of aromatic nitrogens is 2. The van der Waals surface area contributed by atoms with Crippen LogP contribution in [-0.4, -0.2) is 16.4 Å². The van der Waals surface area contributed by atoms with Gasteiger partial charge < -0.3 is 5.73 Å². The van der Waals surface area contributed by atoms with Crippen molar-refractivity contribution in [1.82, 2.24) is 10.2 Å². The predicted molar refractivity (Wildman–Crippen MR) is 32.9 cm³/mol. The number of nitrogens with one attached hydrogen (secondary N) is 1. The Kier molecular flexibility index (Phi) is 1.93. The van der Waals surface area contributed by atoms with Crippen LogP contribution in [0, 0.1) is 0 Å². The Morgan fingerprint density at radius 2 is 1.77 bits per heavy atom. The number of nitrogens with zero attached hydrogens (tertiary/aromatic N) is 1. The summed E-state index contributed by atoms with van der Waals surface area (Å²) in [7, 11) is 0. The third-order valence-electron chi connectivity index (χ3n) is 1.34. The van der Waals surface area contributed by atoms with Crippen molar-refractivity contribution >= 4 is 5.69 Å². The molecule has 13 heavy (non-hydrogen) atoms. The number of hydrogen-bond donors (Lipinski definition) is 2. The van der Waals surface area contributed by atoms with Crippen LogP contribution in [0.25, 0.3) is 0 Å². The maximum atomic E-state index is 12.5. The van der Waals surface area contributed by atoms with Crippen molar-refractivity contribution < 1.29 is 22.0 Å². The summed E-state index contributed by atoms with van der Waals surface area (Å²) in [6, 6.07) is 0. The zero-order chi connectivity index (χ0) is 10.3. The highest BCUT2D eigenvalue weighted by atomic mass is 19.4. The molecule has 0 aromatic carbocycles. The lowest BCUT2D eigenvalue weighted by atomic mass is 10.2. The van der Waals surface area contributed by atoms with Gasteiger partial charge in [-0.1, -0.05) is 0 Å². The van der Waals surface area contributed by atoms with Crippen molar-refractivity contribution in [3.05, 3.63) is 11.9 Å². The molecule has 0 aliphatic heterocycles. The van der Waals surface area contributed by atoms with Crippen LogP contribution in [0.2, 0.25) is 0 Å². The number of halogens is 5. The van der Waals surface area contributed by atoms with Crippen LogP contribution in [0.15, 0.2) is 6.20 Å². The van der Waals surface area contributed by atoms with E-state index in [0.29, 0.717) is 6.20 Å². The highest BCUT2D eigenvalue weighted by Gasteiger charge is 2.60. The van der Waals surface area contributed by atoms with Gasteiger partial charge in [0.25, 0.3) is 0 Å². The maximum absolute atomic E-state index is 12.5. The molecule has 0 fully saturated rings. The van der Waals surface area contributed by atoms with E-state index in [0.717, 1.165) is 0 Å². The molecule has 1 aromatic rings. The SMILES string of the molecule is Nc1cn[nH]c1C(F)(F)C(F)(F)F. The summed E-state index contributed by atoms with van der Waals surface area (Å²) in [6.07, 6.45) is -4.98. The third kappa shape index (κ3) is 1.43. The van der Waals surface area contributed by atoms with Gasteiger partial charge in [0.15, 0.2) is 0 Å². The van der Waals surface area contributed by atoms with E-state index in [1.54, 1.807) is 0 Å². The fraction of sp³-hybridized carbons (Fsp3) is 0.400. The van der Waals surface area contributed by atoms with Gasteiger partial charge in [-0.15, -0.1) is 0 Å². The van der Waals surface area contributed by atoms with E-state index in [1.165, 1.54) is 5.10 Å². The summed E-state index contributed by atoms with van der Waals surface area (Å²) in [4.78, 5) is 0. The van der Waals surface area contributed by atoms with Gasteiger partial charge in [-0.3, -0.25) is 5.10 Å². The van der Waals surface area contributed by atoms with Crippen molar-refractivity contribution in [2.75, 3.05) is 5.73 Å². The summed E-state index contributed by atoms with van der Waals surface area (Å²) in [5.41, 5.74) is 2.70. The average Bonchev–Trinajstić information content (AvgIpc) is 2.32. The second kappa shape index (κ2) is 2.57. The molecule has 1 aromatic heterocycles. The number of anilines is 1. The summed E-state index contributed by atoms with van der Waals surface area (Å²) in [6.45, 7) is 0. The first-order valence-corrected chi connectivity index (χ1v) is 3.00. The van der Waals surface area contributed by atoms with Gasteiger partial charge >= 0.3 is 12.1 Å². The third-order valence-corrected chi connectivity index (χ3v) is 1.34. The molecule has 0 aliphatic rings. The lowest BCUT2D eigenvalue weighted by molar-refractivity contribution is -0.290. The Morgan fingerprint density at radius 1 is 1.23 bits per heavy atom. The molecule has 0 amide bonds. The average molecular weight is 201 g/mol. The molecule has 0 spiro atoms. The molecule has 1 rings (SSSR count). The fourth-order valence-electron chi connectivity index (χ4n) is 0.689. The topological polar surface area (TPSA) is 54.7 Å². The summed E-state index contributed by atoms with van der Waals surface area (Å²) >= 11 is 0. The van der Waals surface area contributed by atoms with Crippen molar-refractivity contribution in [1.29, 1.82) is 0 Å². The molecular formula is C5H4F5N3. The van der Waals surface area contributed by atoms with Crippen LogP contribution in [0.1, 0.15) is 5.69 Å². The molecule has 0 radical (unpaired) electrons. The van der Waals surface area contributed by atoms with E-state index >= 15 is 0 Å². The molecule has 0 saturated carbocycles. The lowest BCUT2D eigenvalue weighted by Gasteiger charge is -2.18. The molecule has 74 valence electrons. The van der Waals surface area contributed by atoms with Crippen molar-refractivity contribution in [3.8, 4) is 0 Å². The number of aromatic amines is 1. The summed E-state index contributed by atoms with van der Waals surface area (Å²) < 4.78 is 60.1. The van der Waals surface area contributed by atoms with E-state index in [9.17, 15) is 22.0 Å². The van der Waals surface area contributed by atoms with Gasteiger partial charge in [-0.25, -0.2) is 0 Å². The Balaban J connectivity index is 3.15. The summed E-state index contributed by atoms with van der Waals surface area (Å²) in [5.74, 6) is -4.99. The van der Waals surface area contributed by atoms with Crippen molar-refractivity contribution in [3.63, 3.8) is 0 Å². The van der Waals surface area contributed by atoms with Crippen molar-refractivity contribution in [2.24, 2.45) is 0 Å². The zero-order valence-corrected chi connectivity index (χ0v) is 5.99. The van der Waals surface area contributed by atoms with E-state index < -0.39 is 23.5 Å². The van der Waals surface area contributed by atoms with E-state index in [4.69, 9.17) is 5.73 Å². The lowest BCUT2D eigenvalue weighted by Crippen LogP contribution is -2.34. The Labute approximate surface area is 68.7 Å². The number of nitrogen functional groups attached to an aromatic ring is 1. The normalized spacial score (nSPS) is 13.3. The molecule has 3 nitrogen and oxygen atoms in total. The minimum Gasteiger partial charge on any atom is -0.396 e. The highest BCUT2D eigenvalue weighted by Crippen LogP contribution is 2.44. The molecule has 3 N–H and O–H groups in total. The molecule has 1 heterocycles. The standard InChI is InChI=1S/C5H4F5N3/c6-4(7,5(8,9)10)3-2(11)1-12-13-3/h1H,11H2,(H,12,13).